The van der Waals surface area contributed by atoms with Gasteiger partial charge in [-0.3, -0.25) is 19.4 Å². The van der Waals surface area contributed by atoms with Crippen LogP contribution in [0.15, 0.2) is 65.6 Å². The number of nitrogens with one attached hydrogen (secondary N) is 4. The van der Waals surface area contributed by atoms with Gasteiger partial charge in [-0.15, -0.1) is 0 Å². The Labute approximate surface area is 329 Å². The third-order valence-corrected chi connectivity index (χ3v) is 8.17. The lowest BCUT2D eigenvalue weighted by Gasteiger charge is -2.17. The number of benzene rings is 1. The molecule has 25 heteroatoms. The van der Waals surface area contributed by atoms with Crippen LogP contribution in [-0.2, 0) is 27.2 Å². The van der Waals surface area contributed by atoms with Gasteiger partial charge in [0.05, 0.1) is 18.1 Å². The lowest BCUT2D eigenvalue weighted by molar-refractivity contribution is -0.193. The van der Waals surface area contributed by atoms with E-state index in [0.29, 0.717) is 47.0 Å². The van der Waals surface area contributed by atoms with E-state index in [1.807, 2.05) is 47.5 Å². The number of halogens is 10. The van der Waals surface area contributed by atoms with Crippen LogP contribution in [0.1, 0.15) is 17.5 Å². The maximum Gasteiger partial charge on any atom is 0.458 e. The number of rotatable bonds is 4. The molecule has 0 spiro atoms. The zero-order chi connectivity index (χ0) is 43.1. The van der Waals surface area contributed by atoms with Crippen LogP contribution in [0.25, 0.3) is 11.2 Å². The quantitative estimate of drug-likeness (QED) is 0.0816. The Morgan fingerprint density at radius 1 is 0.881 bits per heavy atom. The number of hydrogen-bond donors (Lipinski definition) is 4. The number of alkyl halides is 9. The molecular formula is C34H26ClF9N10O5. The largest absolute Gasteiger partial charge is 0.458 e. The molecule has 1 saturated heterocycles. The van der Waals surface area contributed by atoms with E-state index >= 15 is 0 Å². The molecule has 0 unspecified atom stereocenters. The van der Waals surface area contributed by atoms with Gasteiger partial charge >= 0.3 is 36.1 Å². The number of fused-ring (bicyclic) bond motifs is 7. The van der Waals surface area contributed by atoms with E-state index < -0.39 is 36.4 Å². The molecular weight excluding hydrogens is 835 g/mol. The molecule has 59 heavy (non-hydrogen) atoms. The summed E-state index contributed by atoms with van der Waals surface area (Å²) >= 11 is 6.37. The summed E-state index contributed by atoms with van der Waals surface area (Å²) in [5.74, 6) is -5.94. The molecule has 1 fully saturated rings. The van der Waals surface area contributed by atoms with Gasteiger partial charge in [0, 0.05) is 42.9 Å². The number of Topliss-reactive ketones (excluding diaryl/α,β-unsaturated/α-hetero) is 2. The Kier molecular flexibility index (Phi) is 13.2. The second-order valence-corrected chi connectivity index (χ2v) is 12.7. The van der Waals surface area contributed by atoms with Crippen molar-refractivity contribution in [2.45, 2.75) is 43.8 Å². The molecule has 2 aliphatic heterocycles. The van der Waals surface area contributed by atoms with Crippen molar-refractivity contribution in [3.63, 3.8) is 0 Å². The minimum atomic E-state index is -5.77. The molecule has 5 aromatic rings. The third-order valence-electron chi connectivity index (χ3n) is 7.90. The molecule has 6 heterocycles. The second kappa shape index (κ2) is 17.9. The fourth-order valence-corrected chi connectivity index (χ4v) is 5.44. The second-order valence-electron chi connectivity index (χ2n) is 12.3. The summed E-state index contributed by atoms with van der Waals surface area (Å²) in [6.07, 6.45) is -8.30. The van der Waals surface area contributed by atoms with E-state index in [-0.39, 0.29) is 12.1 Å². The highest BCUT2D eigenvalue weighted by Gasteiger charge is 2.54. The predicted molar refractivity (Wildman–Crippen MR) is 191 cm³/mol. The van der Waals surface area contributed by atoms with Crippen LogP contribution in [0.3, 0.4) is 0 Å². The summed E-state index contributed by atoms with van der Waals surface area (Å²) in [7, 11) is 0. The first-order valence-corrected chi connectivity index (χ1v) is 17.0. The van der Waals surface area contributed by atoms with E-state index in [0.717, 1.165) is 47.6 Å². The number of carbonyl (C=O) groups excluding carboxylic acids is 4. The average molecular weight is 861 g/mol. The zero-order valence-electron chi connectivity index (χ0n) is 29.5. The molecule has 15 nitrogen and oxygen atoms in total. The van der Waals surface area contributed by atoms with Crippen molar-refractivity contribution in [3.8, 4) is 0 Å². The number of anilines is 6. The van der Waals surface area contributed by atoms with Gasteiger partial charge in [0.25, 0.3) is 6.01 Å². The van der Waals surface area contributed by atoms with Crippen molar-refractivity contribution in [2.24, 2.45) is 0 Å². The van der Waals surface area contributed by atoms with Crippen LogP contribution in [0.5, 0.6) is 0 Å². The Hall–Kier alpha value is -6.59. The molecule has 7 rings (SSSR count). The van der Waals surface area contributed by atoms with E-state index in [1.54, 1.807) is 18.6 Å². The van der Waals surface area contributed by atoms with Gasteiger partial charge in [0.15, 0.2) is 5.82 Å². The topological polar surface area (TPSA) is 197 Å². The summed E-state index contributed by atoms with van der Waals surface area (Å²) in [5.41, 5.74) is 5.51. The van der Waals surface area contributed by atoms with Gasteiger partial charge in [-0.2, -0.15) is 49.5 Å². The first kappa shape index (κ1) is 43.5. The van der Waals surface area contributed by atoms with Crippen molar-refractivity contribution < 1.29 is 63.1 Å². The molecule has 4 N–H and O–H groups in total. The van der Waals surface area contributed by atoms with Crippen molar-refractivity contribution >= 4 is 81.6 Å². The standard InChI is InChI=1S/C28H25ClN10O2.C4F6O2.C2HF3O/c29-21-14-32-26-34-20-10-16(12-30-13-20)3-4-17-11-18(33-24(21)38-26)5-6-22(17)36-27(40)35-19-7-9-39(15-19)28-37-23-2-1-8-31-25(23)41-28;5-3(6,7)1(11)2(12)4(8,9)10;3-2(4,5)1-6/h1-2,5-6,8,10-14,19H,3-4,7,9,15H2,(H2,35,36,40)(H2,32,33,34,38);;1H/t19-;;/m0../s1. The number of amides is 2. The van der Waals surface area contributed by atoms with Gasteiger partial charge in [0.1, 0.15) is 10.5 Å². The van der Waals surface area contributed by atoms with Crippen LogP contribution >= 0.6 is 11.6 Å². The highest BCUT2D eigenvalue weighted by molar-refractivity contribution is 6.41. The minimum Gasteiger partial charge on any atom is -0.404 e. The molecule has 1 aromatic carbocycles. The molecule has 2 amide bonds. The maximum atomic E-state index is 13.1. The van der Waals surface area contributed by atoms with Gasteiger partial charge in [0.2, 0.25) is 17.9 Å². The first-order valence-electron chi connectivity index (χ1n) is 16.6. The number of aryl methyl sites for hydroxylation is 2. The number of aromatic nitrogens is 5. The molecule has 0 saturated carbocycles. The fourth-order valence-electron chi connectivity index (χ4n) is 5.30. The van der Waals surface area contributed by atoms with Crippen LogP contribution in [0.4, 0.5) is 79.2 Å². The summed E-state index contributed by atoms with van der Waals surface area (Å²) in [5, 5.41) is 13.0. The highest BCUT2D eigenvalue weighted by atomic mass is 35.5. The number of carbonyl (C=O) groups is 4. The normalized spacial score (nSPS) is 14.9. The van der Waals surface area contributed by atoms with Gasteiger partial charge in [-0.05, 0) is 66.8 Å². The van der Waals surface area contributed by atoms with E-state index in [4.69, 9.17) is 20.8 Å². The van der Waals surface area contributed by atoms with Crippen molar-refractivity contribution in [1.29, 1.82) is 0 Å². The fraction of sp³-hybridized carbons (Fsp3) is 0.265. The van der Waals surface area contributed by atoms with Crippen molar-refractivity contribution in [2.75, 3.05) is 33.9 Å². The smallest absolute Gasteiger partial charge is 0.404 e. The van der Waals surface area contributed by atoms with Gasteiger partial charge in [-0.1, -0.05) is 11.6 Å². The molecule has 4 aromatic heterocycles. The number of aldehydes is 1. The average Bonchev–Trinajstić information content (AvgIpc) is 3.82. The van der Waals surface area contributed by atoms with Gasteiger partial charge < -0.3 is 30.6 Å². The third kappa shape index (κ3) is 12.2. The SMILES string of the molecule is O=C(C(=O)C(F)(F)F)C(F)(F)F.O=C(Nc1ccc2cc1CCc1cncc(c1)Nc1ncc(Cl)c(n1)N2)N[C@H]1CCN(c2nc3cccnc3o2)C1.O=CC(F)(F)F. The molecule has 2 aliphatic rings. The minimum absolute atomic E-state index is 0.0561. The Morgan fingerprint density at radius 3 is 2.25 bits per heavy atom. The monoisotopic (exact) mass is 860 g/mol. The van der Waals surface area contributed by atoms with Crippen LogP contribution in [0, 0.1) is 0 Å². The Balaban J connectivity index is 0.000000309. The van der Waals surface area contributed by atoms with Gasteiger partial charge in [-0.25, -0.2) is 14.8 Å². The molecule has 6 bridgehead atoms. The number of nitrogens with zero attached hydrogens (tertiary/aromatic N) is 6. The maximum absolute atomic E-state index is 13.1. The first-order chi connectivity index (χ1) is 27.7. The summed E-state index contributed by atoms with van der Waals surface area (Å²) in [6.45, 7) is 1.31. The lowest BCUT2D eigenvalue weighted by atomic mass is 10.0. The Bertz CT molecular complexity index is 2280. The highest BCUT2D eigenvalue weighted by Crippen LogP contribution is 2.30. The van der Waals surface area contributed by atoms with Crippen molar-refractivity contribution in [3.05, 3.63) is 77.3 Å². The molecule has 0 aliphatic carbocycles. The molecule has 1 atom stereocenters. The summed E-state index contributed by atoms with van der Waals surface area (Å²) in [6, 6.07) is 11.6. The number of hydrogen-bond acceptors (Lipinski definition) is 13. The summed E-state index contributed by atoms with van der Waals surface area (Å²) in [4.78, 5) is 64.9. The van der Waals surface area contributed by atoms with Crippen LogP contribution in [-0.4, -0.2) is 86.5 Å². The van der Waals surface area contributed by atoms with Crippen LogP contribution in [0.2, 0.25) is 5.02 Å². The van der Waals surface area contributed by atoms with E-state index in [1.165, 1.54) is 0 Å². The Morgan fingerprint density at radius 2 is 1.59 bits per heavy atom. The van der Waals surface area contributed by atoms with Crippen LogP contribution < -0.4 is 26.2 Å². The summed E-state index contributed by atoms with van der Waals surface area (Å²) < 4.78 is 104. The lowest BCUT2D eigenvalue weighted by Crippen LogP contribution is -2.40. The number of oxazole rings is 1. The zero-order valence-corrected chi connectivity index (χ0v) is 30.2. The number of urea groups is 1. The van der Waals surface area contributed by atoms with Crippen molar-refractivity contribution in [1.82, 2.24) is 30.2 Å². The number of pyridine rings is 2. The molecule has 0 radical (unpaired) electrons. The predicted octanol–water partition coefficient (Wildman–Crippen LogP) is 7.04. The van der Waals surface area contributed by atoms with E-state index in [2.05, 4.69) is 46.2 Å². The number of ketones is 2. The molecule has 312 valence electrons. The van der Waals surface area contributed by atoms with E-state index in [9.17, 15) is 53.9 Å².